The van der Waals surface area contributed by atoms with Crippen molar-refractivity contribution in [2.75, 3.05) is 26.3 Å². The second-order valence-corrected chi connectivity index (χ2v) is 7.79. The van der Waals surface area contributed by atoms with E-state index in [1.807, 2.05) is 12.3 Å². The van der Waals surface area contributed by atoms with Gasteiger partial charge in [0.1, 0.15) is 5.75 Å². The molecule has 0 aromatic heterocycles. The van der Waals surface area contributed by atoms with Gasteiger partial charge in [0.15, 0.2) is 18.2 Å². The average Bonchev–Trinajstić information content (AvgIpc) is 3.10. The number of carbonyl (C=O) groups excluding carboxylic acids is 3. The van der Waals surface area contributed by atoms with Crippen molar-refractivity contribution in [1.82, 2.24) is 4.90 Å². The van der Waals surface area contributed by atoms with Gasteiger partial charge < -0.3 is 20.1 Å². The molecule has 30 heavy (non-hydrogen) atoms. The largest absolute Gasteiger partial charge is 0.480 e. The van der Waals surface area contributed by atoms with Crippen molar-refractivity contribution in [1.29, 1.82) is 0 Å². The summed E-state index contributed by atoms with van der Waals surface area (Å²) in [4.78, 5) is 38.6. The van der Waals surface area contributed by atoms with Gasteiger partial charge in [0.2, 0.25) is 0 Å². The number of carbonyl (C=O) groups is 3. The van der Waals surface area contributed by atoms with Crippen molar-refractivity contribution < 1.29 is 23.9 Å². The molecule has 3 rings (SSSR count). The van der Waals surface area contributed by atoms with Gasteiger partial charge in [-0.05, 0) is 30.7 Å². The molecule has 0 saturated heterocycles. The predicted octanol–water partition coefficient (Wildman–Crippen LogP) is 2.32. The van der Waals surface area contributed by atoms with Crippen LogP contribution >= 0.6 is 23.8 Å². The summed E-state index contributed by atoms with van der Waals surface area (Å²) in [6.45, 7) is 2.19. The van der Waals surface area contributed by atoms with Crippen LogP contribution in [0.5, 0.6) is 5.75 Å². The number of esters is 1. The van der Waals surface area contributed by atoms with Crippen LogP contribution in [-0.2, 0) is 14.3 Å². The number of ether oxygens (including phenoxy) is 2. The van der Waals surface area contributed by atoms with E-state index < -0.39 is 11.9 Å². The summed E-state index contributed by atoms with van der Waals surface area (Å²) < 4.78 is 10.1. The highest BCUT2D eigenvalue weighted by molar-refractivity contribution is 7.80. The fraction of sp³-hybridized carbons (Fsp3) is 0.333. The van der Waals surface area contributed by atoms with E-state index >= 15 is 0 Å². The van der Waals surface area contributed by atoms with Crippen LogP contribution in [0.3, 0.4) is 0 Å². The number of thiocarbonyl (C=S) groups is 1. The third kappa shape index (κ3) is 4.88. The zero-order valence-corrected chi connectivity index (χ0v) is 17.9. The molecule has 0 saturated carbocycles. The quantitative estimate of drug-likeness (QED) is 0.367. The second-order valence-electron chi connectivity index (χ2n) is 6.91. The number of nitrogens with zero attached hydrogens (tertiary/aromatic N) is 1. The highest BCUT2D eigenvalue weighted by atomic mass is 35.5. The molecular weight excluding hydrogens is 428 g/mol. The zero-order chi connectivity index (χ0) is 21.8. The molecule has 7 nitrogen and oxygen atoms in total. The number of ketones is 2. The third-order valence-corrected chi connectivity index (χ3v) is 5.39. The molecule has 158 valence electrons. The van der Waals surface area contributed by atoms with Gasteiger partial charge in [-0.2, -0.15) is 0 Å². The van der Waals surface area contributed by atoms with Crippen molar-refractivity contribution in [2.45, 2.75) is 6.92 Å². The highest BCUT2D eigenvalue weighted by Crippen LogP contribution is 2.31. The van der Waals surface area contributed by atoms with E-state index in [1.54, 1.807) is 24.0 Å². The van der Waals surface area contributed by atoms with E-state index in [-0.39, 0.29) is 53.0 Å². The Morgan fingerprint density at radius 3 is 2.80 bits per heavy atom. The zero-order valence-electron chi connectivity index (χ0n) is 16.3. The lowest BCUT2D eigenvalue weighted by Gasteiger charge is -2.22. The van der Waals surface area contributed by atoms with Crippen molar-refractivity contribution >= 4 is 46.3 Å². The molecule has 0 radical (unpaired) electrons. The molecule has 1 aliphatic heterocycles. The molecule has 2 N–H and O–H groups in total. The molecule has 2 unspecified atom stereocenters. The lowest BCUT2D eigenvalue weighted by molar-refractivity contribution is -0.145. The van der Waals surface area contributed by atoms with E-state index in [4.69, 9.17) is 39.0 Å². The number of halogens is 1. The molecule has 2 atom stereocenters. The van der Waals surface area contributed by atoms with Gasteiger partial charge in [-0.15, -0.1) is 0 Å². The number of benzene rings is 1. The van der Waals surface area contributed by atoms with Crippen molar-refractivity contribution in [3.05, 3.63) is 52.7 Å². The summed E-state index contributed by atoms with van der Waals surface area (Å²) in [7, 11) is 0. The molecule has 9 heteroatoms. The fourth-order valence-electron chi connectivity index (χ4n) is 3.38. The Labute approximate surface area is 184 Å². The van der Waals surface area contributed by atoms with Gasteiger partial charge in [-0.3, -0.25) is 9.59 Å². The van der Waals surface area contributed by atoms with E-state index in [9.17, 15) is 14.4 Å². The van der Waals surface area contributed by atoms with Gasteiger partial charge in [0.05, 0.1) is 35.0 Å². The summed E-state index contributed by atoms with van der Waals surface area (Å²) in [6.07, 6.45) is 5.35. The second kappa shape index (κ2) is 9.40. The van der Waals surface area contributed by atoms with Gasteiger partial charge in [0.25, 0.3) is 0 Å². The summed E-state index contributed by atoms with van der Waals surface area (Å²) in [5.41, 5.74) is 6.89. The summed E-state index contributed by atoms with van der Waals surface area (Å²) in [5, 5.41) is 0.219. The molecule has 2 aliphatic rings. The standard InChI is InChI=1S/C21H21ClN2O5S/c1-2-28-19(26)11-29-18-6-4-12(7-16(18)22)17(25)10-24-8-13-3-5-14(21(23)30)20(27)15(13)9-24/h3-8,14-15H,2,9-11H2,1H3,(H2,23,30). The number of allylic oxidation sites excluding steroid dienone is 1. The Kier molecular flexibility index (Phi) is 6.89. The maximum Gasteiger partial charge on any atom is 0.344 e. The van der Waals surface area contributed by atoms with Crippen LogP contribution in [0, 0.1) is 11.8 Å². The molecular formula is C21H21ClN2O5S. The molecule has 1 aromatic carbocycles. The van der Waals surface area contributed by atoms with E-state index in [1.165, 1.54) is 12.1 Å². The summed E-state index contributed by atoms with van der Waals surface area (Å²) in [6, 6.07) is 4.61. The number of rotatable bonds is 8. The lowest BCUT2D eigenvalue weighted by atomic mass is 9.83. The minimum atomic E-state index is -0.557. The van der Waals surface area contributed by atoms with Crippen LogP contribution in [0.15, 0.2) is 42.1 Å². The summed E-state index contributed by atoms with van der Waals surface area (Å²) >= 11 is 11.1. The Bertz CT molecular complexity index is 959. The van der Waals surface area contributed by atoms with Gasteiger partial charge in [0, 0.05) is 18.3 Å². The molecule has 0 amide bonds. The van der Waals surface area contributed by atoms with E-state index in [0.29, 0.717) is 12.1 Å². The first-order valence-corrected chi connectivity index (χ1v) is 10.2. The van der Waals surface area contributed by atoms with Gasteiger partial charge in [-0.1, -0.05) is 36.0 Å². The Balaban J connectivity index is 1.61. The SMILES string of the molecule is CCOC(=O)COc1ccc(C(=O)CN2C=C3C=CC(C(N)=S)C(=O)C3C2)cc1Cl. The number of hydrogen-bond donors (Lipinski definition) is 1. The van der Waals surface area contributed by atoms with E-state index in [0.717, 1.165) is 5.57 Å². The molecule has 0 fully saturated rings. The number of nitrogens with two attached hydrogens (primary N) is 1. The Morgan fingerprint density at radius 1 is 1.37 bits per heavy atom. The maximum absolute atomic E-state index is 12.7. The Morgan fingerprint density at radius 2 is 2.13 bits per heavy atom. The first-order chi connectivity index (χ1) is 14.3. The van der Waals surface area contributed by atoms with Gasteiger partial charge in [-0.25, -0.2) is 4.79 Å². The van der Waals surface area contributed by atoms with Crippen LogP contribution in [0.25, 0.3) is 0 Å². The van der Waals surface area contributed by atoms with E-state index in [2.05, 4.69) is 0 Å². The molecule has 1 aromatic rings. The van der Waals surface area contributed by atoms with Crippen LogP contribution < -0.4 is 10.5 Å². The highest BCUT2D eigenvalue weighted by Gasteiger charge is 2.37. The molecule has 1 aliphatic carbocycles. The van der Waals surface area contributed by atoms with Crippen LogP contribution in [0.4, 0.5) is 0 Å². The molecule has 0 bridgehead atoms. The lowest BCUT2D eigenvalue weighted by Crippen LogP contribution is -2.37. The van der Waals surface area contributed by atoms with Crippen LogP contribution in [0.2, 0.25) is 5.02 Å². The minimum Gasteiger partial charge on any atom is -0.480 e. The smallest absolute Gasteiger partial charge is 0.344 e. The number of Topliss-reactive ketones (excluding diaryl/α,β-unsaturated/α-hetero) is 2. The van der Waals surface area contributed by atoms with Crippen molar-refractivity contribution in [2.24, 2.45) is 17.6 Å². The Hall–Kier alpha value is -2.71. The monoisotopic (exact) mass is 448 g/mol. The number of fused-ring (bicyclic) bond motifs is 1. The summed E-state index contributed by atoms with van der Waals surface area (Å²) in [5.74, 6) is -1.31. The van der Waals surface area contributed by atoms with Gasteiger partial charge >= 0.3 is 5.97 Å². The van der Waals surface area contributed by atoms with Crippen LogP contribution in [0.1, 0.15) is 17.3 Å². The first kappa shape index (κ1) is 22.0. The van der Waals surface area contributed by atoms with Crippen molar-refractivity contribution in [3.8, 4) is 5.75 Å². The first-order valence-electron chi connectivity index (χ1n) is 9.38. The predicted molar refractivity (Wildman–Crippen MR) is 115 cm³/mol. The molecule has 0 spiro atoms. The maximum atomic E-state index is 12.7. The van der Waals surface area contributed by atoms with Crippen molar-refractivity contribution in [3.63, 3.8) is 0 Å². The third-order valence-electron chi connectivity index (χ3n) is 4.84. The normalized spacial score (nSPS) is 19.9. The topological polar surface area (TPSA) is 98.9 Å². The average molecular weight is 449 g/mol. The minimum absolute atomic E-state index is 0.0441. The number of hydrogen-bond acceptors (Lipinski definition) is 7. The molecule has 1 heterocycles. The van der Waals surface area contributed by atoms with Crippen LogP contribution in [-0.4, -0.2) is 53.7 Å². The fourth-order valence-corrected chi connectivity index (χ4v) is 3.81.